The average Bonchev–Trinajstić information content (AvgIpc) is 2.92. The third-order valence-electron chi connectivity index (χ3n) is 7.41. The minimum atomic E-state index is -1.72. The van der Waals surface area contributed by atoms with Gasteiger partial charge in [-0.15, -0.1) is 0 Å². The summed E-state index contributed by atoms with van der Waals surface area (Å²) < 4.78 is 0.319. The highest BCUT2D eigenvalue weighted by molar-refractivity contribution is 9.12. The molecule has 1 aromatic carbocycles. The molecule has 2 aromatic rings. The van der Waals surface area contributed by atoms with Gasteiger partial charge in [0.05, 0.1) is 38.2 Å². The third-order valence-corrected chi connectivity index (χ3v) is 8.74. The number of hydrogen-bond acceptors (Lipinski definition) is 7. The van der Waals surface area contributed by atoms with Crippen LogP contribution in [0.2, 0.25) is 10.0 Å². The highest BCUT2D eigenvalue weighted by Crippen LogP contribution is 2.54. The fourth-order valence-electron chi connectivity index (χ4n) is 5.36. The number of nitrogens with one attached hydrogen (secondary N) is 2. The Morgan fingerprint density at radius 3 is 2.28 bits per heavy atom. The molecule has 2 aliphatic carbocycles. The number of carbonyl (C=O) groups is 3. The van der Waals surface area contributed by atoms with Gasteiger partial charge in [0.1, 0.15) is 5.54 Å². The molecular formula is C27H28BrCl2N3O6. The van der Waals surface area contributed by atoms with Crippen LogP contribution in [0.4, 0.5) is 5.69 Å². The highest BCUT2D eigenvalue weighted by Gasteiger charge is 2.56. The van der Waals surface area contributed by atoms with Crippen molar-refractivity contribution in [1.82, 2.24) is 10.3 Å². The Morgan fingerprint density at radius 2 is 1.72 bits per heavy atom. The summed E-state index contributed by atoms with van der Waals surface area (Å²) >= 11 is 15.5. The molecule has 1 aromatic heterocycles. The van der Waals surface area contributed by atoms with Crippen molar-refractivity contribution in [3.8, 4) is 0 Å². The molecule has 0 bridgehead atoms. The van der Waals surface area contributed by atoms with Crippen LogP contribution in [0.3, 0.4) is 0 Å². The van der Waals surface area contributed by atoms with E-state index in [9.17, 15) is 29.7 Å². The number of pyridine rings is 1. The number of allylic oxidation sites excluding steroid dienone is 2. The van der Waals surface area contributed by atoms with Gasteiger partial charge in [-0.1, -0.05) is 54.6 Å². The molecule has 0 saturated heterocycles. The van der Waals surface area contributed by atoms with Gasteiger partial charge in [0.25, 0.3) is 5.91 Å². The topological polar surface area (TPSA) is 149 Å². The average molecular weight is 641 g/mol. The van der Waals surface area contributed by atoms with E-state index in [1.165, 1.54) is 12.4 Å². The molecule has 1 amide bonds. The molecule has 1 heterocycles. The lowest BCUT2D eigenvalue weighted by Gasteiger charge is -2.48. The molecule has 1 fully saturated rings. The van der Waals surface area contributed by atoms with Gasteiger partial charge in [-0.3, -0.25) is 14.6 Å². The third kappa shape index (κ3) is 5.85. The zero-order chi connectivity index (χ0) is 28.4. The smallest absolute Gasteiger partial charge is 0.329 e. The standard InChI is InChI=1S/C27H28BrCl2N3O6/c28-21-22(26(23(21)36)8-2-1-3-9-26)33-27(25(38)39,11-17(35)14-34)10-15-4-6-16(7-5-15)32-24(37)20-18(29)12-31-13-19(20)30/h4-7,12-13,17,33-35H,1-3,8-11,14H2,(H,32,37)(H,38,39)/t17?,27-/m1/s1. The van der Waals surface area contributed by atoms with Crippen molar-refractivity contribution in [1.29, 1.82) is 0 Å². The molecule has 208 valence electrons. The van der Waals surface area contributed by atoms with Crippen LogP contribution in [0.5, 0.6) is 0 Å². The van der Waals surface area contributed by atoms with Crippen molar-refractivity contribution >= 4 is 62.5 Å². The fraction of sp³-hybridized carbons (Fsp3) is 0.407. The van der Waals surface area contributed by atoms with Crippen molar-refractivity contribution in [3.63, 3.8) is 0 Å². The Balaban J connectivity index is 1.59. The maximum absolute atomic E-state index is 12.9. The van der Waals surface area contributed by atoms with Gasteiger partial charge in [0.2, 0.25) is 0 Å². The molecule has 0 aliphatic heterocycles. The number of hydrogen-bond donors (Lipinski definition) is 5. The van der Waals surface area contributed by atoms with Crippen LogP contribution in [0, 0.1) is 5.41 Å². The van der Waals surface area contributed by atoms with E-state index in [0.29, 0.717) is 34.3 Å². The van der Waals surface area contributed by atoms with Gasteiger partial charge in [0, 0.05) is 36.6 Å². The highest BCUT2D eigenvalue weighted by atomic mass is 79.9. The van der Waals surface area contributed by atoms with Crippen molar-refractivity contribution in [2.75, 3.05) is 11.9 Å². The summed E-state index contributed by atoms with van der Waals surface area (Å²) in [5.74, 6) is -1.80. The van der Waals surface area contributed by atoms with Crippen LogP contribution >= 0.6 is 39.1 Å². The summed E-state index contributed by atoms with van der Waals surface area (Å²) in [6, 6.07) is 6.52. The number of rotatable bonds is 10. The number of amides is 1. The normalized spacial score (nSPS) is 18.7. The SMILES string of the molecule is O=C(Nc1ccc(C[C@](CC(O)CO)(NC2=C(Br)C(=O)C23CCCCC3)C(=O)O)cc1)c1c(Cl)cncc1Cl. The quantitative estimate of drug-likeness (QED) is 0.255. The van der Waals surface area contributed by atoms with E-state index >= 15 is 0 Å². The second kappa shape index (κ2) is 11.9. The lowest BCUT2D eigenvalue weighted by Crippen LogP contribution is -2.61. The van der Waals surface area contributed by atoms with Gasteiger partial charge < -0.3 is 26.0 Å². The summed E-state index contributed by atoms with van der Waals surface area (Å²) in [6.07, 6.45) is 4.93. The molecule has 2 aliphatic rings. The molecule has 4 rings (SSSR count). The predicted octanol–water partition coefficient (Wildman–Crippen LogP) is 4.48. The first kappa shape index (κ1) is 29.5. The molecule has 1 unspecified atom stereocenters. The Morgan fingerprint density at radius 1 is 1.10 bits per heavy atom. The van der Waals surface area contributed by atoms with Crippen LogP contribution in [0.25, 0.3) is 0 Å². The molecule has 5 N–H and O–H groups in total. The number of carboxylic acid groups (broad SMARTS) is 1. The van der Waals surface area contributed by atoms with Crippen LogP contribution in [-0.4, -0.2) is 56.2 Å². The number of halogens is 3. The molecule has 9 nitrogen and oxygen atoms in total. The zero-order valence-corrected chi connectivity index (χ0v) is 23.9. The Hall–Kier alpha value is -2.50. The first-order valence-electron chi connectivity index (χ1n) is 12.5. The molecule has 12 heteroatoms. The minimum absolute atomic E-state index is 0.0406. The van der Waals surface area contributed by atoms with Crippen LogP contribution in [0.15, 0.2) is 46.8 Å². The molecule has 2 atom stereocenters. The lowest BCUT2D eigenvalue weighted by molar-refractivity contribution is -0.147. The van der Waals surface area contributed by atoms with Gasteiger partial charge >= 0.3 is 5.97 Å². The number of nitrogens with zero attached hydrogens (tertiary/aromatic N) is 1. The van der Waals surface area contributed by atoms with E-state index in [-0.39, 0.29) is 34.2 Å². The Bertz CT molecular complexity index is 1290. The van der Waals surface area contributed by atoms with Crippen molar-refractivity contribution in [3.05, 3.63) is 68.0 Å². The molecule has 1 spiro atoms. The van der Waals surface area contributed by atoms with E-state index in [1.54, 1.807) is 24.3 Å². The number of benzene rings is 1. The molecule has 0 radical (unpaired) electrons. The van der Waals surface area contributed by atoms with Gasteiger partial charge in [-0.25, -0.2) is 4.79 Å². The first-order valence-corrected chi connectivity index (χ1v) is 14.0. The van der Waals surface area contributed by atoms with Crippen molar-refractivity contribution in [2.45, 2.75) is 56.6 Å². The second-order valence-electron chi connectivity index (χ2n) is 10.0. The maximum atomic E-state index is 12.9. The number of Topliss-reactive ketones (excluding diaryl/α,β-unsaturated/α-hetero) is 1. The van der Waals surface area contributed by atoms with E-state index < -0.39 is 35.5 Å². The second-order valence-corrected chi connectivity index (χ2v) is 11.6. The largest absolute Gasteiger partial charge is 0.479 e. The van der Waals surface area contributed by atoms with Crippen LogP contribution < -0.4 is 10.6 Å². The lowest BCUT2D eigenvalue weighted by atomic mass is 9.62. The van der Waals surface area contributed by atoms with Crippen molar-refractivity contribution < 1.29 is 29.7 Å². The predicted molar refractivity (Wildman–Crippen MR) is 150 cm³/mol. The van der Waals surface area contributed by atoms with Crippen LogP contribution in [-0.2, 0) is 16.0 Å². The first-order chi connectivity index (χ1) is 18.5. The maximum Gasteiger partial charge on any atom is 0.329 e. The van der Waals surface area contributed by atoms with Crippen molar-refractivity contribution in [2.24, 2.45) is 5.41 Å². The summed E-state index contributed by atoms with van der Waals surface area (Å²) in [4.78, 5) is 42.2. The number of carboxylic acids is 1. The van der Waals surface area contributed by atoms with Gasteiger partial charge in [-0.2, -0.15) is 0 Å². The molecule has 1 saturated carbocycles. The van der Waals surface area contributed by atoms with Gasteiger partial charge in [0.15, 0.2) is 5.78 Å². The zero-order valence-electron chi connectivity index (χ0n) is 20.8. The summed E-state index contributed by atoms with van der Waals surface area (Å²) in [6.45, 7) is -0.619. The fourth-order valence-corrected chi connectivity index (χ4v) is 6.75. The number of anilines is 1. The number of ketones is 1. The summed E-state index contributed by atoms with van der Waals surface area (Å²) in [5.41, 5.74) is -0.846. The monoisotopic (exact) mass is 639 g/mol. The van der Waals surface area contributed by atoms with E-state index in [4.69, 9.17) is 23.2 Å². The van der Waals surface area contributed by atoms with Crippen LogP contribution in [0.1, 0.15) is 54.4 Å². The summed E-state index contributed by atoms with van der Waals surface area (Å²) in [7, 11) is 0. The number of aromatic nitrogens is 1. The summed E-state index contributed by atoms with van der Waals surface area (Å²) in [5, 5.41) is 36.3. The number of aliphatic hydroxyl groups is 2. The van der Waals surface area contributed by atoms with E-state index in [2.05, 4.69) is 31.5 Å². The Kier molecular flexibility index (Phi) is 9.02. The van der Waals surface area contributed by atoms with Gasteiger partial charge in [-0.05, 0) is 46.5 Å². The van der Waals surface area contributed by atoms with E-state index in [1.807, 2.05) is 0 Å². The number of carbonyl (C=O) groups excluding carboxylic acids is 2. The molecule has 39 heavy (non-hydrogen) atoms. The Labute approximate surface area is 243 Å². The number of aliphatic carboxylic acids is 1. The number of aliphatic hydroxyl groups excluding tert-OH is 2. The minimum Gasteiger partial charge on any atom is -0.479 e. The molecular weight excluding hydrogens is 613 g/mol. The van der Waals surface area contributed by atoms with E-state index in [0.717, 1.165) is 19.3 Å².